The summed E-state index contributed by atoms with van der Waals surface area (Å²) in [6.07, 6.45) is -0.458. The van der Waals surface area contributed by atoms with Crippen LogP contribution < -0.4 is 15.4 Å². The number of hydrogen-bond acceptors (Lipinski definition) is 5. The SMILES string of the molecule is CC(C)(C)NS(=O)(=O)Cc1cccc(C(=O)NCC2CNCC2O)c1. The molecule has 2 atom stereocenters. The van der Waals surface area contributed by atoms with E-state index >= 15 is 0 Å². The summed E-state index contributed by atoms with van der Waals surface area (Å²) in [7, 11) is -3.49. The zero-order valence-electron chi connectivity index (χ0n) is 14.9. The molecule has 2 rings (SSSR count). The predicted octanol–water partition coefficient (Wildman–Crippen LogP) is 0.215. The topological polar surface area (TPSA) is 108 Å². The van der Waals surface area contributed by atoms with Crippen LogP contribution in [0.5, 0.6) is 0 Å². The maximum absolute atomic E-state index is 12.3. The summed E-state index contributed by atoms with van der Waals surface area (Å²) >= 11 is 0. The Labute approximate surface area is 149 Å². The molecule has 4 N–H and O–H groups in total. The van der Waals surface area contributed by atoms with Gasteiger partial charge >= 0.3 is 0 Å². The summed E-state index contributed by atoms with van der Waals surface area (Å²) < 4.78 is 27.0. The highest BCUT2D eigenvalue weighted by molar-refractivity contribution is 7.88. The Hall–Kier alpha value is -1.48. The van der Waals surface area contributed by atoms with E-state index in [0.717, 1.165) is 0 Å². The zero-order valence-corrected chi connectivity index (χ0v) is 15.7. The molecule has 25 heavy (non-hydrogen) atoms. The molecule has 0 spiro atoms. The fourth-order valence-electron chi connectivity index (χ4n) is 2.78. The largest absolute Gasteiger partial charge is 0.391 e. The van der Waals surface area contributed by atoms with E-state index in [1.54, 1.807) is 45.0 Å². The first kappa shape index (κ1) is 19.8. The second kappa shape index (κ2) is 7.82. The van der Waals surface area contributed by atoms with Gasteiger partial charge in [-0.3, -0.25) is 4.79 Å². The Kier molecular flexibility index (Phi) is 6.21. The number of carbonyl (C=O) groups excluding carboxylic acids is 1. The lowest BCUT2D eigenvalue weighted by Gasteiger charge is -2.20. The van der Waals surface area contributed by atoms with E-state index in [1.807, 2.05) is 0 Å². The highest BCUT2D eigenvalue weighted by Gasteiger charge is 2.25. The second-order valence-electron chi connectivity index (χ2n) is 7.51. The van der Waals surface area contributed by atoms with Gasteiger partial charge in [-0.05, 0) is 38.5 Å². The molecule has 0 aromatic heterocycles. The van der Waals surface area contributed by atoms with Gasteiger partial charge in [-0.2, -0.15) is 0 Å². The minimum absolute atomic E-state index is 0.0107. The van der Waals surface area contributed by atoms with Gasteiger partial charge in [0.05, 0.1) is 11.9 Å². The molecular formula is C17H27N3O4S. The highest BCUT2D eigenvalue weighted by atomic mass is 32.2. The molecule has 1 amide bonds. The summed E-state index contributed by atoms with van der Waals surface area (Å²) in [6, 6.07) is 6.58. The smallest absolute Gasteiger partial charge is 0.251 e. The van der Waals surface area contributed by atoms with Crippen LogP contribution in [0.3, 0.4) is 0 Å². The summed E-state index contributed by atoms with van der Waals surface area (Å²) in [5.41, 5.74) is 0.403. The third-order valence-electron chi connectivity index (χ3n) is 3.84. The molecule has 0 aliphatic carbocycles. The molecule has 1 aliphatic rings. The van der Waals surface area contributed by atoms with E-state index in [-0.39, 0.29) is 17.6 Å². The average Bonchev–Trinajstić information content (AvgIpc) is 2.87. The molecule has 0 bridgehead atoms. The van der Waals surface area contributed by atoms with Gasteiger partial charge in [0, 0.05) is 36.7 Å². The van der Waals surface area contributed by atoms with Crippen LogP contribution in [0.25, 0.3) is 0 Å². The van der Waals surface area contributed by atoms with Crippen molar-refractivity contribution < 1.29 is 18.3 Å². The first-order valence-electron chi connectivity index (χ1n) is 8.33. The number of sulfonamides is 1. The van der Waals surface area contributed by atoms with Crippen LogP contribution in [0.2, 0.25) is 0 Å². The van der Waals surface area contributed by atoms with E-state index in [1.165, 1.54) is 0 Å². The highest BCUT2D eigenvalue weighted by Crippen LogP contribution is 2.12. The molecule has 1 aliphatic heterocycles. The Morgan fingerprint density at radius 3 is 2.64 bits per heavy atom. The molecule has 140 valence electrons. The molecule has 0 saturated carbocycles. The van der Waals surface area contributed by atoms with Crippen LogP contribution in [0.15, 0.2) is 24.3 Å². The number of hydrogen-bond donors (Lipinski definition) is 4. The quantitative estimate of drug-likeness (QED) is 0.574. The molecular weight excluding hydrogens is 342 g/mol. The van der Waals surface area contributed by atoms with Gasteiger partial charge in [0.15, 0.2) is 0 Å². The van der Waals surface area contributed by atoms with Crippen molar-refractivity contribution in [3.05, 3.63) is 35.4 Å². The maximum atomic E-state index is 12.3. The predicted molar refractivity (Wildman–Crippen MR) is 96.7 cm³/mol. The number of aliphatic hydroxyl groups excluding tert-OH is 1. The summed E-state index contributed by atoms with van der Waals surface area (Å²) in [5, 5.41) is 15.6. The molecule has 1 aromatic rings. The Morgan fingerprint density at radius 2 is 2.04 bits per heavy atom. The maximum Gasteiger partial charge on any atom is 0.251 e. The summed E-state index contributed by atoms with van der Waals surface area (Å²) in [6.45, 7) is 6.91. The van der Waals surface area contributed by atoms with Crippen molar-refractivity contribution in [2.75, 3.05) is 19.6 Å². The van der Waals surface area contributed by atoms with Crippen LogP contribution in [-0.4, -0.2) is 50.7 Å². The lowest BCUT2D eigenvalue weighted by Crippen LogP contribution is -2.41. The van der Waals surface area contributed by atoms with Gasteiger partial charge in [0.1, 0.15) is 0 Å². The monoisotopic (exact) mass is 369 g/mol. The fourth-order valence-corrected chi connectivity index (χ4v) is 4.40. The molecule has 1 fully saturated rings. The van der Waals surface area contributed by atoms with Crippen molar-refractivity contribution in [2.45, 2.75) is 38.2 Å². The van der Waals surface area contributed by atoms with E-state index in [9.17, 15) is 18.3 Å². The molecule has 1 aromatic carbocycles. The number of carbonyl (C=O) groups is 1. The first-order valence-corrected chi connectivity index (χ1v) is 9.98. The van der Waals surface area contributed by atoms with E-state index < -0.39 is 21.7 Å². The van der Waals surface area contributed by atoms with Gasteiger partial charge < -0.3 is 15.7 Å². The Morgan fingerprint density at radius 1 is 1.32 bits per heavy atom. The number of amides is 1. The van der Waals surface area contributed by atoms with Crippen molar-refractivity contribution in [3.8, 4) is 0 Å². The summed E-state index contributed by atoms with van der Waals surface area (Å²) in [5.74, 6) is -0.470. The minimum Gasteiger partial charge on any atom is -0.391 e. The van der Waals surface area contributed by atoms with Crippen LogP contribution in [0.4, 0.5) is 0 Å². The van der Waals surface area contributed by atoms with E-state index in [4.69, 9.17) is 0 Å². The van der Waals surface area contributed by atoms with Crippen molar-refractivity contribution in [1.82, 2.24) is 15.4 Å². The first-order chi connectivity index (χ1) is 11.6. The van der Waals surface area contributed by atoms with Crippen LogP contribution in [0, 0.1) is 5.92 Å². The van der Waals surface area contributed by atoms with Crippen LogP contribution >= 0.6 is 0 Å². The van der Waals surface area contributed by atoms with Gasteiger partial charge in [-0.15, -0.1) is 0 Å². The standard InChI is InChI=1S/C17H27N3O4S/c1-17(2,3)20-25(23,24)11-12-5-4-6-13(7-12)16(22)19-9-14-8-18-10-15(14)21/h4-7,14-15,18,20-21H,8-11H2,1-3H3,(H,19,22). The van der Waals surface area contributed by atoms with Crippen molar-refractivity contribution in [3.63, 3.8) is 0 Å². The molecule has 1 saturated heterocycles. The van der Waals surface area contributed by atoms with E-state index in [0.29, 0.717) is 30.8 Å². The number of nitrogens with one attached hydrogen (secondary N) is 3. The van der Waals surface area contributed by atoms with Crippen LogP contribution in [-0.2, 0) is 15.8 Å². The molecule has 0 radical (unpaired) electrons. The van der Waals surface area contributed by atoms with Crippen molar-refractivity contribution in [2.24, 2.45) is 5.92 Å². The average molecular weight is 369 g/mol. The van der Waals surface area contributed by atoms with Crippen molar-refractivity contribution >= 4 is 15.9 Å². The molecule has 7 nitrogen and oxygen atoms in total. The number of aliphatic hydroxyl groups is 1. The normalized spacial score (nSPS) is 21.3. The molecule has 2 unspecified atom stereocenters. The van der Waals surface area contributed by atoms with Gasteiger partial charge in [-0.25, -0.2) is 13.1 Å². The lowest BCUT2D eigenvalue weighted by molar-refractivity contribution is 0.0927. The molecule has 1 heterocycles. The fraction of sp³-hybridized carbons (Fsp3) is 0.588. The third-order valence-corrected chi connectivity index (χ3v) is 5.47. The zero-order chi connectivity index (χ0) is 18.7. The number of β-amino-alcohol motifs (C(OH)–C–C–N with tert-alkyl or cyclic N) is 1. The van der Waals surface area contributed by atoms with Gasteiger partial charge in [-0.1, -0.05) is 12.1 Å². The lowest BCUT2D eigenvalue weighted by atomic mass is 10.1. The summed E-state index contributed by atoms with van der Waals surface area (Å²) in [4.78, 5) is 12.3. The Balaban J connectivity index is 1.99. The molecule has 8 heteroatoms. The van der Waals surface area contributed by atoms with Crippen molar-refractivity contribution in [1.29, 1.82) is 0 Å². The number of rotatable bonds is 6. The Bertz CT molecular complexity index is 713. The van der Waals surface area contributed by atoms with E-state index in [2.05, 4.69) is 15.4 Å². The van der Waals surface area contributed by atoms with Crippen LogP contribution in [0.1, 0.15) is 36.7 Å². The minimum atomic E-state index is -3.49. The second-order valence-corrected chi connectivity index (χ2v) is 9.23. The third kappa shape index (κ3) is 6.39. The van der Waals surface area contributed by atoms with Gasteiger partial charge in [0.2, 0.25) is 10.0 Å². The number of benzene rings is 1. The van der Waals surface area contributed by atoms with Gasteiger partial charge in [0.25, 0.3) is 5.91 Å².